The molecular formula is C43H38Cl4F2N8O4. The summed E-state index contributed by atoms with van der Waals surface area (Å²) in [6.45, 7) is 7.36. The van der Waals surface area contributed by atoms with E-state index in [0.717, 1.165) is 50.2 Å². The fraction of sp³-hybridized carbons (Fsp3) is 0.163. The normalized spacial score (nSPS) is 10.5. The quantitative estimate of drug-likeness (QED) is 0.0855. The molecule has 8 rings (SSSR count). The van der Waals surface area contributed by atoms with Gasteiger partial charge >= 0.3 is 0 Å². The average Bonchev–Trinajstić information content (AvgIpc) is 3.25. The van der Waals surface area contributed by atoms with E-state index in [-0.39, 0.29) is 27.0 Å². The number of aromatic amines is 1. The number of methoxy groups -OCH3 is 3. The topological polar surface area (TPSA) is 163 Å². The number of aryl methyl sites for hydroxylation is 3. The number of benzene rings is 5. The van der Waals surface area contributed by atoms with Crippen molar-refractivity contribution in [2.45, 2.75) is 27.7 Å². The Morgan fingerprint density at radius 2 is 1.13 bits per heavy atom. The number of halogens is 6. The molecule has 0 saturated heterocycles. The van der Waals surface area contributed by atoms with Crippen molar-refractivity contribution in [1.29, 1.82) is 0 Å². The summed E-state index contributed by atoms with van der Waals surface area (Å²) in [4.78, 5) is 34.4. The summed E-state index contributed by atoms with van der Waals surface area (Å²) in [6.07, 6.45) is 4.23. The third-order valence-corrected chi connectivity index (χ3v) is 10.5. The highest BCUT2D eigenvalue weighted by molar-refractivity contribution is 6.42. The fourth-order valence-corrected chi connectivity index (χ4v) is 6.40. The van der Waals surface area contributed by atoms with E-state index < -0.39 is 11.6 Å². The molecule has 18 heteroatoms. The maximum atomic E-state index is 14.2. The van der Waals surface area contributed by atoms with Crippen molar-refractivity contribution in [2.75, 3.05) is 32.4 Å². The van der Waals surface area contributed by atoms with Crippen molar-refractivity contribution in [3.8, 4) is 17.2 Å². The van der Waals surface area contributed by atoms with Crippen molar-refractivity contribution in [2.24, 2.45) is 0 Å². The minimum atomic E-state index is -0.629. The van der Waals surface area contributed by atoms with Crippen molar-refractivity contribution in [1.82, 2.24) is 29.9 Å². The Bertz CT molecular complexity index is 2910. The largest absolute Gasteiger partial charge is 0.496 e. The molecule has 0 atom stereocenters. The zero-order valence-electron chi connectivity index (χ0n) is 33.7. The van der Waals surface area contributed by atoms with Crippen LogP contribution in [0.3, 0.4) is 0 Å². The van der Waals surface area contributed by atoms with Crippen molar-refractivity contribution in [3.63, 3.8) is 0 Å². The lowest BCUT2D eigenvalue weighted by atomic mass is 10.1. The number of fused-ring (bicyclic) bond motifs is 3. The molecule has 5 aromatic carbocycles. The molecule has 0 unspecified atom stereocenters. The van der Waals surface area contributed by atoms with Gasteiger partial charge in [0, 0.05) is 39.6 Å². The molecular weight excluding hydrogens is 872 g/mol. The predicted molar refractivity (Wildman–Crippen MR) is 241 cm³/mol. The van der Waals surface area contributed by atoms with Crippen molar-refractivity contribution >= 4 is 96.3 Å². The number of nitrogens with two attached hydrogens (primary N) is 1. The van der Waals surface area contributed by atoms with Crippen LogP contribution in [0.1, 0.15) is 22.3 Å². The van der Waals surface area contributed by atoms with Gasteiger partial charge in [-0.3, -0.25) is 4.79 Å². The van der Waals surface area contributed by atoms with E-state index in [4.69, 9.17) is 66.3 Å². The second-order valence-electron chi connectivity index (χ2n) is 13.1. The number of aromatic nitrogens is 6. The first-order valence-corrected chi connectivity index (χ1v) is 19.5. The molecule has 0 aliphatic rings. The van der Waals surface area contributed by atoms with Crippen LogP contribution in [0.5, 0.6) is 17.2 Å². The van der Waals surface area contributed by atoms with Gasteiger partial charge in [0.1, 0.15) is 46.7 Å². The lowest BCUT2D eigenvalue weighted by Gasteiger charge is -2.12. The second-order valence-corrected chi connectivity index (χ2v) is 14.6. The number of nitrogen functional groups attached to an aromatic ring is 1. The Hall–Kier alpha value is -6.06. The highest BCUT2D eigenvalue weighted by atomic mass is 35.5. The Labute approximate surface area is 369 Å². The molecule has 0 bridgehead atoms. The van der Waals surface area contributed by atoms with E-state index in [1.165, 1.54) is 37.2 Å². The first kappa shape index (κ1) is 46.0. The van der Waals surface area contributed by atoms with Gasteiger partial charge in [-0.2, -0.15) is 0 Å². The summed E-state index contributed by atoms with van der Waals surface area (Å²) in [6, 6.07) is 17.1. The van der Waals surface area contributed by atoms with Crippen molar-refractivity contribution in [3.05, 3.63) is 144 Å². The van der Waals surface area contributed by atoms with Gasteiger partial charge in [0.05, 0.1) is 71.0 Å². The summed E-state index contributed by atoms with van der Waals surface area (Å²) >= 11 is 23.2. The van der Waals surface area contributed by atoms with Gasteiger partial charge < -0.3 is 30.2 Å². The molecule has 4 N–H and O–H groups in total. The summed E-state index contributed by atoms with van der Waals surface area (Å²) in [5.41, 5.74) is 10.9. The highest BCUT2D eigenvalue weighted by Crippen LogP contribution is 2.34. The molecule has 0 saturated carbocycles. The molecule has 0 aliphatic heterocycles. The molecule has 3 heterocycles. The average molecular weight is 911 g/mol. The molecule has 0 amide bonds. The Morgan fingerprint density at radius 1 is 0.623 bits per heavy atom. The number of nitrogens with zero attached hydrogens (tertiary/aromatic N) is 5. The molecule has 61 heavy (non-hydrogen) atoms. The smallest absolute Gasteiger partial charge is 0.258 e. The van der Waals surface area contributed by atoms with Gasteiger partial charge in [-0.05, 0) is 86.8 Å². The van der Waals surface area contributed by atoms with Crippen LogP contribution in [-0.4, -0.2) is 51.2 Å². The maximum absolute atomic E-state index is 14.2. The molecule has 0 aliphatic carbocycles. The summed E-state index contributed by atoms with van der Waals surface area (Å²) < 4.78 is 42.6. The van der Waals surface area contributed by atoms with Crippen molar-refractivity contribution < 1.29 is 23.0 Å². The number of hydrogen-bond donors (Lipinski definition) is 3. The standard InChI is InChI=1S/C16H12Cl2FN3O.C10H9ClN2O.C10H10N2O2.C7H7ClFN/c1-8-5-9-12(6-13(8)23-2)20-7-21-16(9)22-11-4-3-10(17)14(18)15(11)19;1-6-3-7-8(4-9(6)14-2)12-5-13-10(7)11;1-6-3-7-8(4-9(6)14-2)11-5-12-10(7)13;1-4-5(8)2-3-6(10)7(4)9/h3-7H,1-2H3,(H,20,21,22);3-5H,1-2H3;3-5H,1-2H3,(H,11,12,13);2-3H,10H2,1H3. The van der Waals surface area contributed by atoms with Crippen LogP contribution in [0.25, 0.3) is 32.7 Å². The predicted octanol–water partition coefficient (Wildman–Crippen LogP) is 11.3. The monoisotopic (exact) mass is 908 g/mol. The lowest BCUT2D eigenvalue weighted by Crippen LogP contribution is -2.06. The Balaban J connectivity index is 0.000000162. The van der Waals surface area contributed by atoms with Gasteiger partial charge in [0.2, 0.25) is 0 Å². The van der Waals surface area contributed by atoms with Crippen LogP contribution in [0, 0.1) is 39.3 Å². The molecule has 0 spiro atoms. The first-order chi connectivity index (χ1) is 29.1. The van der Waals surface area contributed by atoms with Gasteiger partial charge in [-0.15, -0.1) is 0 Å². The van der Waals surface area contributed by atoms with Crippen LogP contribution < -0.4 is 30.8 Å². The van der Waals surface area contributed by atoms with Crippen LogP contribution in [0.2, 0.25) is 20.2 Å². The fourth-order valence-electron chi connectivity index (χ4n) is 5.75. The van der Waals surface area contributed by atoms with Gasteiger partial charge in [0.15, 0.2) is 5.82 Å². The number of anilines is 3. The van der Waals surface area contributed by atoms with Gasteiger partial charge in [-0.25, -0.2) is 33.7 Å². The van der Waals surface area contributed by atoms with E-state index in [9.17, 15) is 13.6 Å². The molecule has 316 valence electrons. The molecule has 8 aromatic rings. The minimum Gasteiger partial charge on any atom is -0.496 e. The third-order valence-electron chi connectivity index (χ3n) is 9.05. The zero-order chi connectivity index (χ0) is 44.5. The number of hydrogen-bond acceptors (Lipinski definition) is 11. The number of ether oxygens (including phenoxy) is 3. The number of H-pyrrole nitrogens is 1. The number of nitrogens with one attached hydrogen (secondary N) is 2. The summed E-state index contributed by atoms with van der Waals surface area (Å²) in [5, 5.41) is 6.03. The molecule has 0 fully saturated rings. The summed E-state index contributed by atoms with van der Waals surface area (Å²) in [7, 11) is 4.83. The zero-order valence-corrected chi connectivity index (χ0v) is 36.7. The van der Waals surface area contributed by atoms with Crippen LogP contribution in [0.4, 0.5) is 26.0 Å². The Morgan fingerprint density at radius 3 is 1.70 bits per heavy atom. The van der Waals surface area contributed by atoms with E-state index in [1.807, 2.05) is 45.0 Å². The third kappa shape index (κ3) is 10.8. The van der Waals surface area contributed by atoms with Gasteiger partial charge in [0.25, 0.3) is 5.56 Å². The highest BCUT2D eigenvalue weighted by Gasteiger charge is 2.14. The lowest BCUT2D eigenvalue weighted by molar-refractivity contribution is 0.412. The van der Waals surface area contributed by atoms with E-state index in [2.05, 4.69) is 35.2 Å². The van der Waals surface area contributed by atoms with Crippen LogP contribution >= 0.6 is 46.4 Å². The summed E-state index contributed by atoms with van der Waals surface area (Å²) in [5.74, 6) is 1.70. The van der Waals surface area contributed by atoms with E-state index in [0.29, 0.717) is 38.0 Å². The maximum Gasteiger partial charge on any atom is 0.258 e. The van der Waals surface area contributed by atoms with Gasteiger partial charge in [-0.1, -0.05) is 46.4 Å². The minimum absolute atomic E-state index is 0.124. The van der Waals surface area contributed by atoms with E-state index >= 15 is 0 Å². The SMILES string of the molecule is COc1cc2nc[nH]c(=O)c2cc1C.COc1cc2ncnc(Cl)c2cc1C.COc1cc2ncnc(Nc3ccc(Cl)c(Cl)c3F)c2cc1C.Cc1c(Cl)ccc(N)c1F. The van der Waals surface area contributed by atoms with Crippen LogP contribution in [-0.2, 0) is 0 Å². The van der Waals surface area contributed by atoms with E-state index in [1.54, 1.807) is 46.5 Å². The molecule has 3 aromatic heterocycles. The number of rotatable bonds is 5. The molecule has 0 radical (unpaired) electrons. The first-order valence-electron chi connectivity index (χ1n) is 17.9. The second kappa shape index (κ2) is 20.5. The van der Waals surface area contributed by atoms with Crippen LogP contribution in [0.15, 0.2) is 84.4 Å². The Kier molecular flexibility index (Phi) is 15.4. The molecule has 12 nitrogen and oxygen atoms in total.